The largest absolute Gasteiger partial charge is 0.481 e. The molecule has 7 heteroatoms. The maximum Gasteiger partial charge on any atom is 0.317 e. The van der Waals surface area contributed by atoms with Gasteiger partial charge in [0.1, 0.15) is 5.82 Å². The van der Waals surface area contributed by atoms with Crippen LogP contribution < -0.4 is 10.6 Å². The molecule has 1 aromatic heterocycles. The summed E-state index contributed by atoms with van der Waals surface area (Å²) < 4.78 is 0. The quantitative estimate of drug-likeness (QED) is 0.682. The molecule has 3 N–H and O–H groups in total. The van der Waals surface area contributed by atoms with E-state index in [0.29, 0.717) is 32.6 Å². The number of hydrogen-bond donors (Lipinski definition) is 3. The number of hydrogen-bond acceptors (Lipinski definition) is 4. The third-order valence-corrected chi connectivity index (χ3v) is 4.68. The highest BCUT2D eigenvalue weighted by molar-refractivity contribution is 5.74. The number of urea groups is 1. The number of carboxylic acids is 1. The van der Waals surface area contributed by atoms with E-state index in [0.717, 1.165) is 16.9 Å². The van der Waals surface area contributed by atoms with Gasteiger partial charge in [0.25, 0.3) is 0 Å². The second-order valence-corrected chi connectivity index (χ2v) is 6.58. The Bertz CT molecular complexity index is 782. The number of pyridine rings is 1. The lowest BCUT2D eigenvalue weighted by atomic mass is 9.90. The summed E-state index contributed by atoms with van der Waals surface area (Å²) in [5.74, 6) is -0.109. The zero-order valence-corrected chi connectivity index (χ0v) is 15.1. The molecular formula is C20H24N4O3. The molecular weight excluding hydrogens is 344 g/mol. The van der Waals surface area contributed by atoms with Crippen molar-refractivity contribution in [2.24, 2.45) is 0 Å². The lowest BCUT2D eigenvalue weighted by molar-refractivity contribution is -0.137. The Morgan fingerprint density at radius 2 is 1.96 bits per heavy atom. The molecule has 0 radical (unpaired) electrons. The first-order chi connectivity index (χ1) is 13.1. The van der Waals surface area contributed by atoms with Crippen LogP contribution in [0.25, 0.3) is 0 Å². The number of aliphatic carboxylic acids is 1. The summed E-state index contributed by atoms with van der Waals surface area (Å²) in [6.45, 7) is 2.08. The van der Waals surface area contributed by atoms with Crippen molar-refractivity contribution in [3.63, 3.8) is 0 Å². The normalized spacial score (nSPS) is 16.1. The van der Waals surface area contributed by atoms with Crippen LogP contribution in [0.1, 0.15) is 29.9 Å². The topological polar surface area (TPSA) is 94.6 Å². The minimum absolute atomic E-state index is 0.0673. The molecule has 2 aromatic rings. The highest BCUT2D eigenvalue weighted by atomic mass is 16.4. The maximum atomic E-state index is 12.6. The van der Waals surface area contributed by atoms with Crippen molar-refractivity contribution in [2.75, 3.05) is 25.0 Å². The Morgan fingerprint density at radius 3 is 2.74 bits per heavy atom. The van der Waals surface area contributed by atoms with Crippen LogP contribution in [0.2, 0.25) is 0 Å². The molecule has 0 fully saturated rings. The van der Waals surface area contributed by atoms with Crippen LogP contribution in [0.3, 0.4) is 0 Å². The molecule has 1 aliphatic rings. The van der Waals surface area contributed by atoms with Gasteiger partial charge < -0.3 is 20.6 Å². The number of carbonyl (C=O) groups is 2. The number of aromatic nitrogens is 1. The summed E-state index contributed by atoms with van der Waals surface area (Å²) in [4.78, 5) is 29.7. The fraction of sp³-hybridized carbons (Fsp3) is 0.350. The monoisotopic (exact) mass is 368 g/mol. The standard InChI is InChI=1S/C20H24N4O3/c25-19(26)13-15-8-12-24(14-16-5-1-2-6-17(15)16)20(27)23-11-10-22-18-7-3-4-9-21-18/h1-7,9,15H,8,10-14H2,(H,21,22)(H,23,27)(H,25,26). The highest BCUT2D eigenvalue weighted by Gasteiger charge is 2.26. The summed E-state index contributed by atoms with van der Waals surface area (Å²) >= 11 is 0. The maximum absolute atomic E-state index is 12.6. The van der Waals surface area contributed by atoms with Gasteiger partial charge in [-0.15, -0.1) is 0 Å². The first-order valence-electron chi connectivity index (χ1n) is 9.11. The molecule has 0 saturated carbocycles. The lowest BCUT2D eigenvalue weighted by Crippen LogP contribution is -2.41. The van der Waals surface area contributed by atoms with Crippen LogP contribution >= 0.6 is 0 Å². The molecule has 27 heavy (non-hydrogen) atoms. The Kier molecular flexibility index (Phi) is 6.25. The van der Waals surface area contributed by atoms with E-state index < -0.39 is 5.97 Å². The van der Waals surface area contributed by atoms with E-state index >= 15 is 0 Å². The summed E-state index contributed by atoms with van der Waals surface area (Å²) in [6.07, 6.45) is 2.44. The van der Waals surface area contributed by atoms with Crippen LogP contribution in [0, 0.1) is 0 Å². The minimum atomic E-state index is -0.812. The van der Waals surface area contributed by atoms with Crippen molar-refractivity contribution in [1.82, 2.24) is 15.2 Å². The molecule has 1 aromatic carbocycles. The van der Waals surface area contributed by atoms with Gasteiger partial charge >= 0.3 is 12.0 Å². The fourth-order valence-corrected chi connectivity index (χ4v) is 3.36. The Morgan fingerprint density at radius 1 is 1.15 bits per heavy atom. The van der Waals surface area contributed by atoms with Crippen molar-refractivity contribution in [2.45, 2.75) is 25.3 Å². The van der Waals surface area contributed by atoms with E-state index in [4.69, 9.17) is 0 Å². The van der Waals surface area contributed by atoms with Gasteiger partial charge in [-0.05, 0) is 35.6 Å². The van der Waals surface area contributed by atoms with Crippen molar-refractivity contribution >= 4 is 17.8 Å². The van der Waals surface area contributed by atoms with Crippen LogP contribution in [0.15, 0.2) is 48.7 Å². The summed E-state index contributed by atoms with van der Waals surface area (Å²) in [5, 5.41) is 15.3. The van der Waals surface area contributed by atoms with Crippen molar-refractivity contribution in [1.29, 1.82) is 0 Å². The zero-order chi connectivity index (χ0) is 19.1. The van der Waals surface area contributed by atoms with Gasteiger partial charge in [-0.2, -0.15) is 0 Å². The molecule has 0 saturated heterocycles. The van der Waals surface area contributed by atoms with Crippen molar-refractivity contribution in [3.8, 4) is 0 Å². The minimum Gasteiger partial charge on any atom is -0.481 e. The van der Waals surface area contributed by atoms with E-state index in [2.05, 4.69) is 15.6 Å². The van der Waals surface area contributed by atoms with Crippen LogP contribution in [0.5, 0.6) is 0 Å². The van der Waals surface area contributed by atoms with Gasteiger partial charge in [0.05, 0.1) is 6.42 Å². The summed E-state index contributed by atoms with van der Waals surface area (Å²) in [6, 6.07) is 13.3. The summed E-state index contributed by atoms with van der Waals surface area (Å²) in [5.41, 5.74) is 2.05. The van der Waals surface area contributed by atoms with E-state index in [-0.39, 0.29) is 18.4 Å². The molecule has 142 valence electrons. The third-order valence-electron chi connectivity index (χ3n) is 4.68. The fourth-order valence-electron chi connectivity index (χ4n) is 3.36. The number of amides is 2. The number of anilines is 1. The van der Waals surface area contributed by atoms with Gasteiger partial charge in [0, 0.05) is 32.4 Å². The van der Waals surface area contributed by atoms with Gasteiger partial charge in [-0.3, -0.25) is 4.79 Å². The number of rotatable bonds is 6. The first-order valence-corrected chi connectivity index (χ1v) is 9.11. The first kappa shape index (κ1) is 18.7. The average molecular weight is 368 g/mol. The number of nitrogens with zero attached hydrogens (tertiary/aromatic N) is 2. The summed E-state index contributed by atoms with van der Waals surface area (Å²) in [7, 11) is 0. The van der Waals surface area contributed by atoms with Gasteiger partial charge in [0.15, 0.2) is 0 Å². The number of benzene rings is 1. The molecule has 7 nitrogen and oxygen atoms in total. The smallest absolute Gasteiger partial charge is 0.317 e. The second kappa shape index (κ2) is 9.02. The number of nitrogens with one attached hydrogen (secondary N) is 2. The second-order valence-electron chi connectivity index (χ2n) is 6.58. The van der Waals surface area contributed by atoms with E-state index in [1.807, 2.05) is 42.5 Å². The zero-order valence-electron chi connectivity index (χ0n) is 15.1. The van der Waals surface area contributed by atoms with E-state index in [1.54, 1.807) is 11.1 Å². The third kappa shape index (κ3) is 5.20. The molecule has 1 atom stereocenters. The van der Waals surface area contributed by atoms with Crippen LogP contribution in [-0.4, -0.2) is 46.6 Å². The molecule has 0 bridgehead atoms. The number of carboxylic acid groups (broad SMARTS) is 1. The predicted octanol–water partition coefficient (Wildman–Crippen LogP) is 2.67. The van der Waals surface area contributed by atoms with E-state index in [1.165, 1.54) is 0 Å². The predicted molar refractivity (Wildman–Crippen MR) is 103 cm³/mol. The van der Waals surface area contributed by atoms with Crippen molar-refractivity contribution < 1.29 is 14.7 Å². The molecule has 2 amide bonds. The molecule has 0 aliphatic carbocycles. The Hall–Kier alpha value is -3.09. The molecule has 1 aliphatic heterocycles. The van der Waals surface area contributed by atoms with Crippen LogP contribution in [-0.2, 0) is 11.3 Å². The SMILES string of the molecule is O=C(O)CC1CCN(C(=O)NCCNc2ccccn2)Cc2ccccc21. The average Bonchev–Trinajstić information content (AvgIpc) is 2.85. The van der Waals surface area contributed by atoms with Gasteiger partial charge in [0.2, 0.25) is 0 Å². The molecule has 1 unspecified atom stereocenters. The molecule has 3 rings (SSSR count). The lowest BCUT2D eigenvalue weighted by Gasteiger charge is -2.21. The molecule has 2 heterocycles. The van der Waals surface area contributed by atoms with E-state index in [9.17, 15) is 14.7 Å². The highest BCUT2D eigenvalue weighted by Crippen LogP contribution is 2.31. The number of carbonyl (C=O) groups excluding carboxylic acids is 1. The van der Waals surface area contributed by atoms with Crippen LogP contribution in [0.4, 0.5) is 10.6 Å². The Labute approximate surface area is 158 Å². The number of fused-ring (bicyclic) bond motifs is 1. The Balaban J connectivity index is 1.55. The van der Waals surface area contributed by atoms with Crippen molar-refractivity contribution in [3.05, 3.63) is 59.8 Å². The van der Waals surface area contributed by atoms with Gasteiger partial charge in [-0.1, -0.05) is 30.3 Å². The van der Waals surface area contributed by atoms with Gasteiger partial charge in [-0.25, -0.2) is 9.78 Å². The molecule has 0 spiro atoms.